The Kier molecular flexibility index (Phi) is 5.61. The van der Waals surface area contributed by atoms with E-state index < -0.39 is 0 Å². The Morgan fingerprint density at radius 3 is 2.52 bits per heavy atom. The lowest BCUT2D eigenvalue weighted by Gasteiger charge is -2.28. The van der Waals surface area contributed by atoms with Crippen LogP contribution in [0, 0.1) is 0 Å². The van der Waals surface area contributed by atoms with Crippen LogP contribution < -0.4 is 10.6 Å². The van der Waals surface area contributed by atoms with Crippen molar-refractivity contribution in [3.05, 3.63) is 60.2 Å². The molecule has 2 saturated heterocycles. The van der Waals surface area contributed by atoms with Crippen molar-refractivity contribution in [2.75, 3.05) is 18.4 Å². The average molecular weight is 358 g/mol. The van der Waals surface area contributed by atoms with E-state index in [0.717, 1.165) is 49.3 Å². The monoisotopic (exact) mass is 357 g/mol. The Bertz CT molecular complexity index is 708. The molecular formula is C20H24ClN3O. The van der Waals surface area contributed by atoms with Crippen LogP contribution in [0.25, 0.3) is 0 Å². The highest BCUT2D eigenvalue weighted by atomic mass is 35.5. The number of hydrogen-bond donors (Lipinski definition) is 2. The van der Waals surface area contributed by atoms with Crippen LogP contribution >= 0.6 is 12.4 Å². The molecule has 2 bridgehead atoms. The molecule has 4 nitrogen and oxygen atoms in total. The first-order valence-corrected chi connectivity index (χ1v) is 8.77. The van der Waals surface area contributed by atoms with Crippen LogP contribution in [0.1, 0.15) is 29.6 Å². The van der Waals surface area contributed by atoms with Crippen molar-refractivity contribution in [2.45, 2.75) is 31.3 Å². The molecule has 0 radical (unpaired) electrons. The summed E-state index contributed by atoms with van der Waals surface area (Å²) in [5, 5.41) is 6.86. The molecule has 4 rings (SSSR count). The predicted octanol–water partition coefficient (Wildman–Crippen LogP) is 3.82. The Morgan fingerprint density at radius 2 is 1.68 bits per heavy atom. The van der Waals surface area contributed by atoms with Crippen LogP contribution in [-0.2, 0) is 0 Å². The molecule has 1 amide bonds. The molecule has 132 valence electrons. The Labute approximate surface area is 155 Å². The number of para-hydroxylation sites is 2. The molecule has 2 aliphatic heterocycles. The van der Waals surface area contributed by atoms with E-state index in [9.17, 15) is 4.79 Å². The van der Waals surface area contributed by atoms with Crippen LogP contribution in [0.4, 0.5) is 11.4 Å². The first kappa shape index (κ1) is 17.8. The second-order valence-electron chi connectivity index (χ2n) is 6.63. The number of nitrogens with zero attached hydrogens (tertiary/aromatic N) is 1. The molecule has 5 heteroatoms. The maximum absolute atomic E-state index is 13.3. The number of hydrogen-bond acceptors (Lipinski definition) is 3. The minimum atomic E-state index is 0. The van der Waals surface area contributed by atoms with Gasteiger partial charge in [-0.2, -0.15) is 0 Å². The van der Waals surface area contributed by atoms with E-state index in [1.165, 1.54) is 0 Å². The summed E-state index contributed by atoms with van der Waals surface area (Å²) in [6.45, 7) is 1.92. The van der Waals surface area contributed by atoms with Gasteiger partial charge in [0.2, 0.25) is 0 Å². The second kappa shape index (κ2) is 7.89. The number of amides is 1. The summed E-state index contributed by atoms with van der Waals surface area (Å²) in [6, 6.07) is 18.6. The first-order valence-electron chi connectivity index (χ1n) is 8.77. The van der Waals surface area contributed by atoms with E-state index in [1.54, 1.807) is 0 Å². The summed E-state index contributed by atoms with van der Waals surface area (Å²) >= 11 is 0. The minimum absolute atomic E-state index is 0. The Morgan fingerprint density at radius 1 is 0.960 bits per heavy atom. The lowest BCUT2D eigenvalue weighted by atomic mass is 10.1. The normalized spacial score (nSPS) is 22.0. The molecule has 2 unspecified atom stereocenters. The number of nitrogens with one attached hydrogen (secondary N) is 2. The largest absolute Gasteiger partial charge is 0.355 e. The molecular weight excluding hydrogens is 334 g/mol. The summed E-state index contributed by atoms with van der Waals surface area (Å²) in [6.07, 6.45) is 3.29. The fourth-order valence-electron chi connectivity index (χ4n) is 3.91. The third-order valence-corrected chi connectivity index (χ3v) is 5.10. The van der Waals surface area contributed by atoms with Crippen LogP contribution in [0.3, 0.4) is 0 Å². The number of fused-ring (bicyclic) bond motifs is 2. The fraction of sp³-hybridized carbons (Fsp3) is 0.350. The van der Waals surface area contributed by atoms with E-state index in [4.69, 9.17) is 0 Å². The van der Waals surface area contributed by atoms with Gasteiger partial charge in [0.15, 0.2) is 0 Å². The number of benzene rings is 2. The Balaban J connectivity index is 0.00000182. The standard InChI is InChI=1S/C20H23N3O.ClH/c24-20(23-16-10-11-17(23)14-21-13-12-16)18-8-4-5-9-19(18)22-15-6-2-1-3-7-15;/h1-9,16-17,21-22H,10-14H2;1H. The van der Waals surface area contributed by atoms with Crippen LogP contribution in [0.5, 0.6) is 0 Å². The molecule has 25 heavy (non-hydrogen) atoms. The number of carbonyl (C=O) groups is 1. The van der Waals surface area contributed by atoms with Gasteiger partial charge in [-0.25, -0.2) is 0 Å². The highest BCUT2D eigenvalue weighted by Crippen LogP contribution is 2.31. The van der Waals surface area contributed by atoms with E-state index in [-0.39, 0.29) is 18.3 Å². The van der Waals surface area contributed by atoms with E-state index in [0.29, 0.717) is 12.1 Å². The van der Waals surface area contributed by atoms with Crippen molar-refractivity contribution in [1.29, 1.82) is 0 Å². The van der Waals surface area contributed by atoms with Crippen molar-refractivity contribution in [2.24, 2.45) is 0 Å². The van der Waals surface area contributed by atoms with E-state index in [2.05, 4.69) is 15.5 Å². The van der Waals surface area contributed by atoms with Crippen LogP contribution in [0.15, 0.2) is 54.6 Å². The van der Waals surface area contributed by atoms with Crippen molar-refractivity contribution in [1.82, 2.24) is 10.2 Å². The van der Waals surface area contributed by atoms with Gasteiger partial charge >= 0.3 is 0 Å². The summed E-state index contributed by atoms with van der Waals surface area (Å²) in [5.41, 5.74) is 2.64. The predicted molar refractivity (Wildman–Crippen MR) is 104 cm³/mol. The number of halogens is 1. The quantitative estimate of drug-likeness (QED) is 0.877. The number of anilines is 2. The average Bonchev–Trinajstić information content (AvgIpc) is 2.88. The molecule has 2 aromatic rings. The highest BCUT2D eigenvalue weighted by Gasteiger charge is 2.38. The van der Waals surface area contributed by atoms with Gasteiger partial charge in [0.25, 0.3) is 5.91 Å². The van der Waals surface area contributed by atoms with Gasteiger partial charge in [-0.15, -0.1) is 12.4 Å². The summed E-state index contributed by atoms with van der Waals surface area (Å²) < 4.78 is 0. The maximum Gasteiger partial charge on any atom is 0.256 e. The maximum atomic E-state index is 13.3. The van der Waals surface area contributed by atoms with Crippen LogP contribution in [-0.4, -0.2) is 36.0 Å². The number of carbonyl (C=O) groups excluding carboxylic acids is 1. The van der Waals surface area contributed by atoms with E-state index in [1.807, 2.05) is 54.6 Å². The van der Waals surface area contributed by atoms with Gasteiger partial charge in [0.1, 0.15) is 0 Å². The van der Waals surface area contributed by atoms with Gasteiger partial charge < -0.3 is 15.5 Å². The van der Waals surface area contributed by atoms with Gasteiger partial charge in [-0.3, -0.25) is 4.79 Å². The third kappa shape index (κ3) is 3.65. The summed E-state index contributed by atoms with van der Waals surface area (Å²) in [7, 11) is 0. The lowest BCUT2D eigenvalue weighted by Crippen LogP contribution is -2.42. The van der Waals surface area contributed by atoms with Gasteiger partial charge in [-0.1, -0.05) is 30.3 Å². The molecule has 0 spiro atoms. The van der Waals surface area contributed by atoms with Gasteiger partial charge in [-0.05, 0) is 50.1 Å². The molecule has 2 N–H and O–H groups in total. The minimum Gasteiger partial charge on any atom is -0.355 e. The second-order valence-corrected chi connectivity index (χ2v) is 6.63. The van der Waals surface area contributed by atoms with Crippen molar-refractivity contribution in [3.63, 3.8) is 0 Å². The first-order chi connectivity index (χ1) is 11.8. The molecule has 0 saturated carbocycles. The molecule has 2 aliphatic rings. The smallest absolute Gasteiger partial charge is 0.256 e. The highest BCUT2D eigenvalue weighted by molar-refractivity contribution is 6.00. The van der Waals surface area contributed by atoms with Gasteiger partial charge in [0, 0.05) is 24.3 Å². The topological polar surface area (TPSA) is 44.4 Å². The van der Waals surface area contributed by atoms with Crippen molar-refractivity contribution >= 4 is 29.7 Å². The molecule has 2 aromatic carbocycles. The van der Waals surface area contributed by atoms with Gasteiger partial charge in [0.05, 0.1) is 11.3 Å². The Hall–Kier alpha value is -2.04. The van der Waals surface area contributed by atoms with Crippen molar-refractivity contribution in [3.8, 4) is 0 Å². The molecule has 0 aromatic heterocycles. The molecule has 2 heterocycles. The molecule has 2 fully saturated rings. The SMILES string of the molecule is Cl.O=C(c1ccccc1Nc1ccccc1)N1C2CCNCC1CC2. The fourth-order valence-corrected chi connectivity index (χ4v) is 3.91. The zero-order valence-corrected chi connectivity index (χ0v) is 15.0. The molecule has 0 aliphatic carbocycles. The zero-order valence-electron chi connectivity index (χ0n) is 14.2. The number of rotatable bonds is 3. The third-order valence-electron chi connectivity index (χ3n) is 5.10. The molecule has 2 atom stereocenters. The van der Waals surface area contributed by atoms with E-state index >= 15 is 0 Å². The zero-order chi connectivity index (χ0) is 16.4. The lowest BCUT2D eigenvalue weighted by molar-refractivity contribution is 0.0681. The van der Waals surface area contributed by atoms with Crippen LogP contribution in [0.2, 0.25) is 0 Å². The summed E-state index contributed by atoms with van der Waals surface area (Å²) in [4.78, 5) is 15.4. The van der Waals surface area contributed by atoms with Crippen molar-refractivity contribution < 1.29 is 4.79 Å². The summed E-state index contributed by atoms with van der Waals surface area (Å²) in [5.74, 6) is 0.158.